The van der Waals surface area contributed by atoms with Gasteiger partial charge in [-0.1, -0.05) is 44.4 Å². The van der Waals surface area contributed by atoms with Crippen LogP contribution in [0.15, 0.2) is 18.2 Å². The maximum atomic E-state index is 6.51. The molecule has 1 aliphatic rings. The molecule has 0 radical (unpaired) electrons. The Hall–Kier alpha value is -0.730. The molecule has 1 aliphatic carbocycles. The smallest absolute Gasteiger partial charge is 0.120 e. The second-order valence-electron chi connectivity index (χ2n) is 6.25. The topological polar surface area (TPSA) is 35.2 Å². The van der Waals surface area contributed by atoms with Gasteiger partial charge in [0.1, 0.15) is 5.75 Å². The van der Waals surface area contributed by atoms with E-state index < -0.39 is 0 Å². The molecule has 0 aliphatic heterocycles. The second-order valence-corrected chi connectivity index (χ2v) is 6.66. The number of hydrogen-bond acceptors (Lipinski definition) is 2. The van der Waals surface area contributed by atoms with Crippen molar-refractivity contribution in [3.8, 4) is 5.75 Å². The first-order valence-corrected chi connectivity index (χ1v) is 7.42. The predicted octanol–water partition coefficient (Wildman–Crippen LogP) is 4.56. The lowest BCUT2D eigenvalue weighted by Crippen LogP contribution is -2.36. The van der Waals surface area contributed by atoms with Gasteiger partial charge in [0.2, 0.25) is 0 Å². The van der Waals surface area contributed by atoms with Gasteiger partial charge in [0, 0.05) is 11.1 Å². The van der Waals surface area contributed by atoms with E-state index >= 15 is 0 Å². The highest BCUT2D eigenvalue weighted by Crippen LogP contribution is 2.47. The molecule has 2 nitrogen and oxygen atoms in total. The molecule has 19 heavy (non-hydrogen) atoms. The van der Waals surface area contributed by atoms with Crippen molar-refractivity contribution in [3.63, 3.8) is 0 Å². The number of halogens is 1. The fraction of sp³-hybridized carbons (Fsp3) is 0.625. The molecule has 1 fully saturated rings. The molecule has 2 atom stereocenters. The van der Waals surface area contributed by atoms with Gasteiger partial charge in [0.15, 0.2) is 0 Å². The number of ether oxygens (including phenoxy) is 1. The van der Waals surface area contributed by atoms with E-state index in [0.29, 0.717) is 16.4 Å². The maximum Gasteiger partial charge on any atom is 0.120 e. The lowest BCUT2D eigenvalue weighted by Gasteiger charge is -2.42. The average molecular weight is 282 g/mol. The first-order valence-electron chi connectivity index (χ1n) is 7.05. The van der Waals surface area contributed by atoms with Crippen LogP contribution in [0, 0.1) is 11.3 Å². The molecule has 1 saturated carbocycles. The summed E-state index contributed by atoms with van der Waals surface area (Å²) in [5.41, 5.74) is 7.85. The summed E-state index contributed by atoms with van der Waals surface area (Å²) in [6.07, 6.45) is 5.03. The van der Waals surface area contributed by atoms with Crippen LogP contribution in [0.1, 0.15) is 51.1 Å². The third kappa shape index (κ3) is 3.06. The number of benzene rings is 1. The third-order valence-electron chi connectivity index (χ3n) is 4.59. The molecule has 0 aromatic heterocycles. The highest BCUT2D eigenvalue weighted by Gasteiger charge is 2.37. The second kappa shape index (κ2) is 5.72. The van der Waals surface area contributed by atoms with E-state index in [-0.39, 0.29) is 6.04 Å². The molecule has 2 N–H and O–H groups in total. The first-order chi connectivity index (χ1) is 8.95. The van der Waals surface area contributed by atoms with E-state index in [9.17, 15) is 0 Å². The third-order valence-corrected chi connectivity index (χ3v) is 4.92. The van der Waals surface area contributed by atoms with Gasteiger partial charge in [-0.3, -0.25) is 0 Å². The van der Waals surface area contributed by atoms with Crippen LogP contribution in [0.25, 0.3) is 0 Å². The average Bonchev–Trinajstić information content (AvgIpc) is 2.37. The molecule has 0 spiro atoms. The molecule has 106 valence electrons. The summed E-state index contributed by atoms with van der Waals surface area (Å²) < 4.78 is 5.19. The predicted molar refractivity (Wildman–Crippen MR) is 80.7 cm³/mol. The fourth-order valence-corrected chi connectivity index (χ4v) is 3.61. The zero-order valence-corrected chi connectivity index (χ0v) is 12.8. The Kier molecular flexibility index (Phi) is 4.42. The van der Waals surface area contributed by atoms with Crippen molar-refractivity contribution in [2.45, 2.75) is 45.6 Å². The zero-order chi connectivity index (χ0) is 14.0. The molecular weight excluding hydrogens is 258 g/mol. The molecule has 2 unspecified atom stereocenters. The van der Waals surface area contributed by atoms with Crippen LogP contribution in [-0.2, 0) is 0 Å². The minimum atomic E-state index is 0.00806. The largest absolute Gasteiger partial charge is 0.497 e. The number of methoxy groups -OCH3 is 1. The van der Waals surface area contributed by atoms with Gasteiger partial charge in [0.05, 0.1) is 7.11 Å². The summed E-state index contributed by atoms with van der Waals surface area (Å²) >= 11 is 6.36. The quantitative estimate of drug-likeness (QED) is 0.881. The molecule has 3 heteroatoms. The Bertz CT molecular complexity index is 444. The molecule has 0 bridgehead atoms. The zero-order valence-electron chi connectivity index (χ0n) is 12.1. The van der Waals surface area contributed by atoms with Crippen LogP contribution in [0.2, 0.25) is 5.02 Å². The molecule has 1 aromatic carbocycles. The minimum Gasteiger partial charge on any atom is -0.497 e. The summed E-state index contributed by atoms with van der Waals surface area (Å²) in [5.74, 6) is 1.27. The van der Waals surface area contributed by atoms with Crippen LogP contribution in [-0.4, -0.2) is 7.11 Å². The van der Waals surface area contributed by atoms with Crippen LogP contribution in [0.5, 0.6) is 5.75 Å². The standard InChI is InChI=1S/C16H24ClNO/c1-16(2)9-5-4-6-13(16)15(18)12-8-7-11(19-3)10-14(12)17/h7-8,10,13,15H,4-6,9,18H2,1-3H3. The Labute approximate surface area is 121 Å². The van der Waals surface area contributed by atoms with Crippen molar-refractivity contribution in [3.05, 3.63) is 28.8 Å². The van der Waals surface area contributed by atoms with Gasteiger partial charge in [-0.2, -0.15) is 0 Å². The van der Waals surface area contributed by atoms with Crippen LogP contribution in [0.4, 0.5) is 0 Å². The summed E-state index contributed by atoms with van der Waals surface area (Å²) in [6, 6.07) is 5.81. The van der Waals surface area contributed by atoms with Crippen LogP contribution in [0.3, 0.4) is 0 Å². The maximum absolute atomic E-state index is 6.51. The molecule has 0 amide bonds. The lowest BCUT2D eigenvalue weighted by atomic mass is 9.65. The number of rotatable bonds is 3. The van der Waals surface area contributed by atoms with Crippen molar-refractivity contribution in [1.82, 2.24) is 0 Å². The van der Waals surface area contributed by atoms with Gasteiger partial charge in [-0.05, 0) is 41.9 Å². The normalized spacial score (nSPS) is 23.9. The van der Waals surface area contributed by atoms with E-state index in [1.54, 1.807) is 7.11 Å². The van der Waals surface area contributed by atoms with Gasteiger partial charge in [-0.15, -0.1) is 0 Å². The molecular formula is C16H24ClNO. The fourth-order valence-electron chi connectivity index (χ4n) is 3.31. The summed E-state index contributed by atoms with van der Waals surface area (Å²) in [6.45, 7) is 4.65. The SMILES string of the molecule is COc1ccc(C(N)C2CCCCC2(C)C)c(Cl)c1. The van der Waals surface area contributed by atoms with Gasteiger partial charge < -0.3 is 10.5 Å². The van der Waals surface area contributed by atoms with Gasteiger partial charge in [-0.25, -0.2) is 0 Å². The molecule has 2 rings (SSSR count). The molecule has 0 saturated heterocycles. The van der Waals surface area contributed by atoms with E-state index in [4.69, 9.17) is 22.1 Å². The first kappa shape index (κ1) is 14.7. The van der Waals surface area contributed by atoms with Crippen LogP contribution >= 0.6 is 11.6 Å². The van der Waals surface area contributed by atoms with Crippen molar-refractivity contribution >= 4 is 11.6 Å². The van der Waals surface area contributed by atoms with E-state index in [1.807, 2.05) is 18.2 Å². The summed E-state index contributed by atoms with van der Waals surface area (Å²) in [7, 11) is 1.65. The minimum absolute atomic E-state index is 0.00806. The van der Waals surface area contributed by atoms with Crippen LogP contribution < -0.4 is 10.5 Å². The summed E-state index contributed by atoms with van der Waals surface area (Å²) in [5, 5.41) is 0.716. The van der Waals surface area contributed by atoms with Gasteiger partial charge in [0.25, 0.3) is 0 Å². The Morgan fingerprint density at radius 2 is 2.11 bits per heavy atom. The Morgan fingerprint density at radius 1 is 1.37 bits per heavy atom. The van der Waals surface area contributed by atoms with Crippen molar-refractivity contribution in [2.75, 3.05) is 7.11 Å². The van der Waals surface area contributed by atoms with Gasteiger partial charge >= 0.3 is 0 Å². The Morgan fingerprint density at radius 3 is 2.68 bits per heavy atom. The van der Waals surface area contributed by atoms with Crippen molar-refractivity contribution < 1.29 is 4.74 Å². The van der Waals surface area contributed by atoms with E-state index in [2.05, 4.69) is 13.8 Å². The van der Waals surface area contributed by atoms with Crippen molar-refractivity contribution in [2.24, 2.45) is 17.1 Å². The number of nitrogens with two attached hydrogens (primary N) is 1. The van der Waals surface area contributed by atoms with Crippen molar-refractivity contribution in [1.29, 1.82) is 0 Å². The Balaban J connectivity index is 2.25. The molecule has 0 heterocycles. The monoisotopic (exact) mass is 281 g/mol. The summed E-state index contributed by atoms with van der Waals surface area (Å²) in [4.78, 5) is 0. The number of hydrogen-bond donors (Lipinski definition) is 1. The highest BCUT2D eigenvalue weighted by atomic mass is 35.5. The lowest BCUT2D eigenvalue weighted by molar-refractivity contribution is 0.112. The molecule has 1 aromatic rings. The highest BCUT2D eigenvalue weighted by molar-refractivity contribution is 6.31. The van der Waals surface area contributed by atoms with E-state index in [0.717, 1.165) is 11.3 Å². The van der Waals surface area contributed by atoms with E-state index in [1.165, 1.54) is 25.7 Å².